The van der Waals surface area contributed by atoms with Crippen LogP contribution in [0.4, 0.5) is 0 Å². The highest BCUT2D eigenvalue weighted by Crippen LogP contribution is 2.43. The number of guanidine groups is 1. The van der Waals surface area contributed by atoms with Gasteiger partial charge < -0.3 is 20.3 Å². The molecule has 2 N–H and O–H groups in total. The smallest absolute Gasteiger partial charge is 0.243 e. The molecule has 1 fully saturated rings. The molecule has 1 saturated carbocycles. The third kappa shape index (κ3) is 7.20. The predicted octanol–water partition coefficient (Wildman–Crippen LogP) is 1.47. The number of likely N-dealkylation sites (N-methyl/N-ethyl adjacent to an activating group) is 1. The average Bonchev–Trinajstić information content (AvgIpc) is 2.46. The maximum absolute atomic E-state index is 11.7. The molecule has 0 saturated heterocycles. The molecule has 1 aliphatic rings. The number of aliphatic imine (C=N–C) groups is 1. The quantitative estimate of drug-likeness (QED) is 0.497. The van der Waals surface area contributed by atoms with Crippen LogP contribution in [-0.4, -0.2) is 64.2 Å². The molecule has 23 heavy (non-hydrogen) atoms. The normalized spacial score (nSPS) is 16.9. The van der Waals surface area contributed by atoms with E-state index in [1.165, 1.54) is 19.3 Å². The molecule has 134 valence electrons. The number of hydrogen-bond donors (Lipinski definition) is 2. The van der Waals surface area contributed by atoms with E-state index >= 15 is 0 Å². The summed E-state index contributed by atoms with van der Waals surface area (Å²) in [6.07, 6.45) is 4.83. The summed E-state index contributed by atoms with van der Waals surface area (Å²) in [5, 5.41) is 6.76. The number of amides is 1. The lowest BCUT2D eigenvalue weighted by Crippen LogP contribution is -2.47. The minimum atomic E-state index is 0.00777. The first kappa shape index (κ1) is 19.7. The lowest BCUT2D eigenvalue weighted by Gasteiger charge is -2.42. The van der Waals surface area contributed by atoms with Gasteiger partial charge in [-0.25, -0.2) is 4.99 Å². The van der Waals surface area contributed by atoms with Gasteiger partial charge in [0.1, 0.15) is 6.54 Å². The molecule has 0 atom stereocenters. The number of nitrogens with zero attached hydrogens (tertiary/aromatic N) is 2. The van der Waals surface area contributed by atoms with E-state index < -0.39 is 0 Å². The first-order valence-corrected chi connectivity index (χ1v) is 8.60. The standard InChI is InChI=1S/C17H34N4O2/c1-14(2)11-18-16(19-12-15(22)21(3)4)20-13-17(7-6-8-17)9-10-23-5/h14H,6-13H2,1-5H3,(H2,18,19,20). The first-order valence-electron chi connectivity index (χ1n) is 8.60. The Morgan fingerprint density at radius 2 is 2.00 bits per heavy atom. The van der Waals surface area contributed by atoms with E-state index in [2.05, 4.69) is 29.5 Å². The molecule has 0 aromatic rings. The van der Waals surface area contributed by atoms with Gasteiger partial charge in [0, 0.05) is 40.9 Å². The van der Waals surface area contributed by atoms with Crippen LogP contribution in [-0.2, 0) is 9.53 Å². The molecule has 0 aliphatic heterocycles. The molecular formula is C17H34N4O2. The molecule has 0 bridgehead atoms. The predicted molar refractivity (Wildman–Crippen MR) is 94.6 cm³/mol. The van der Waals surface area contributed by atoms with E-state index in [9.17, 15) is 4.79 Å². The van der Waals surface area contributed by atoms with Crippen LogP contribution in [0.15, 0.2) is 4.99 Å². The molecule has 0 heterocycles. The van der Waals surface area contributed by atoms with Gasteiger partial charge in [0.05, 0.1) is 0 Å². The Hall–Kier alpha value is -1.30. The van der Waals surface area contributed by atoms with E-state index in [0.717, 1.165) is 32.1 Å². The van der Waals surface area contributed by atoms with Gasteiger partial charge in [-0.2, -0.15) is 0 Å². The molecular weight excluding hydrogens is 292 g/mol. The lowest BCUT2D eigenvalue weighted by molar-refractivity contribution is -0.127. The summed E-state index contributed by atoms with van der Waals surface area (Å²) >= 11 is 0. The Bertz CT molecular complexity index is 390. The van der Waals surface area contributed by atoms with Crippen LogP contribution >= 0.6 is 0 Å². The Balaban J connectivity index is 2.57. The number of ether oxygens (including phenoxy) is 1. The van der Waals surface area contributed by atoms with Crippen LogP contribution in [0.3, 0.4) is 0 Å². The molecule has 1 aliphatic carbocycles. The summed E-state index contributed by atoms with van der Waals surface area (Å²) in [5.41, 5.74) is 0.321. The SMILES string of the molecule is COCCC1(CNC(=NCC(=O)N(C)C)NCC(C)C)CCC1. The summed E-state index contributed by atoms with van der Waals surface area (Å²) in [5.74, 6) is 1.27. The van der Waals surface area contributed by atoms with Crippen molar-refractivity contribution in [2.75, 3.05) is 47.4 Å². The number of carbonyl (C=O) groups excluding carboxylic acids is 1. The Morgan fingerprint density at radius 1 is 1.30 bits per heavy atom. The fraction of sp³-hybridized carbons (Fsp3) is 0.882. The van der Waals surface area contributed by atoms with Gasteiger partial charge in [0.2, 0.25) is 5.91 Å². The van der Waals surface area contributed by atoms with E-state index in [4.69, 9.17) is 4.74 Å². The molecule has 0 spiro atoms. The van der Waals surface area contributed by atoms with Crippen LogP contribution in [0.1, 0.15) is 39.5 Å². The highest BCUT2D eigenvalue weighted by molar-refractivity contribution is 5.84. The second-order valence-corrected chi connectivity index (χ2v) is 7.18. The van der Waals surface area contributed by atoms with Gasteiger partial charge in [0.25, 0.3) is 0 Å². The highest BCUT2D eigenvalue weighted by Gasteiger charge is 2.36. The van der Waals surface area contributed by atoms with Crippen molar-refractivity contribution in [1.82, 2.24) is 15.5 Å². The monoisotopic (exact) mass is 326 g/mol. The topological polar surface area (TPSA) is 66.0 Å². The Labute approximate surface area is 141 Å². The molecule has 0 radical (unpaired) electrons. The summed E-state index contributed by atoms with van der Waals surface area (Å²) in [4.78, 5) is 17.7. The maximum atomic E-state index is 11.7. The van der Waals surface area contributed by atoms with E-state index in [1.807, 2.05) is 0 Å². The van der Waals surface area contributed by atoms with Crippen molar-refractivity contribution < 1.29 is 9.53 Å². The Kier molecular flexibility index (Phi) is 8.37. The van der Waals surface area contributed by atoms with Crippen LogP contribution in [0, 0.1) is 11.3 Å². The summed E-state index contributed by atoms with van der Waals surface area (Å²) in [6.45, 7) is 7.00. The largest absolute Gasteiger partial charge is 0.385 e. The van der Waals surface area contributed by atoms with Gasteiger partial charge in [0.15, 0.2) is 5.96 Å². The van der Waals surface area contributed by atoms with Crippen LogP contribution in [0.2, 0.25) is 0 Å². The lowest BCUT2D eigenvalue weighted by atomic mass is 9.67. The van der Waals surface area contributed by atoms with Crippen molar-refractivity contribution in [1.29, 1.82) is 0 Å². The number of carbonyl (C=O) groups is 1. The maximum Gasteiger partial charge on any atom is 0.243 e. The van der Waals surface area contributed by atoms with Crippen LogP contribution in [0.25, 0.3) is 0 Å². The zero-order valence-corrected chi connectivity index (χ0v) is 15.4. The third-order valence-corrected chi connectivity index (χ3v) is 4.43. The van der Waals surface area contributed by atoms with E-state index in [1.54, 1.807) is 26.1 Å². The minimum absolute atomic E-state index is 0.00777. The van der Waals surface area contributed by atoms with Crippen molar-refractivity contribution in [3.05, 3.63) is 0 Å². The fourth-order valence-electron chi connectivity index (χ4n) is 2.54. The number of rotatable bonds is 9. The number of nitrogens with one attached hydrogen (secondary N) is 2. The number of methoxy groups -OCH3 is 1. The molecule has 6 nitrogen and oxygen atoms in total. The Morgan fingerprint density at radius 3 is 2.48 bits per heavy atom. The second-order valence-electron chi connectivity index (χ2n) is 7.18. The average molecular weight is 326 g/mol. The van der Waals surface area contributed by atoms with E-state index in [-0.39, 0.29) is 12.5 Å². The third-order valence-electron chi connectivity index (χ3n) is 4.43. The summed E-state index contributed by atoms with van der Waals surface area (Å²) < 4.78 is 5.24. The summed E-state index contributed by atoms with van der Waals surface area (Å²) in [7, 11) is 5.25. The molecule has 0 aromatic heterocycles. The number of hydrogen-bond acceptors (Lipinski definition) is 3. The van der Waals surface area contributed by atoms with Crippen molar-refractivity contribution in [3.8, 4) is 0 Å². The minimum Gasteiger partial charge on any atom is -0.385 e. The van der Waals surface area contributed by atoms with Crippen molar-refractivity contribution in [2.24, 2.45) is 16.3 Å². The highest BCUT2D eigenvalue weighted by atomic mass is 16.5. The van der Waals surface area contributed by atoms with Gasteiger partial charge in [-0.1, -0.05) is 20.3 Å². The van der Waals surface area contributed by atoms with Crippen LogP contribution in [0.5, 0.6) is 0 Å². The second kappa shape index (κ2) is 9.75. The van der Waals surface area contributed by atoms with Crippen LogP contribution < -0.4 is 10.6 Å². The zero-order valence-electron chi connectivity index (χ0n) is 15.4. The molecule has 1 amide bonds. The van der Waals surface area contributed by atoms with Crippen molar-refractivity contribution in [2.45, 2.75) is 39.5 Å². The van der Waals surface area contributed by atoms with Crippen molar-refractivity contribution in [3.63, 3.8) is 0 Å². The van der Waals surface area contributed by atoms with Gasteiger partial charge in [-0.15, -0.1) is 0 Å². The zero-order chi connectivity index (χ0) is 17.3. The molecule has 0 aromatic carbocycles. The van der Waals surface area contributed by atoms with Crippen molar-refractivity contribution >= 4 is 11.9 Å². The van der Waals surface area contributed by atoms with Gasteiger partial charge >= 0.3 is 0 Å². The molecule has 0 unspecified atom stereocenters. The molecule has 1 rings (SSSR count). The first-order chi connectivity index (χ1) is 10.9. The van der Waals surface area contributed by atoms with E-state index in [0.29, 0.717) is 11.3 Å². The summed E-state index contributed by atoms with van der Waals surface area (Å²) in [6, 6.07) is 0. The van der Waals surface area contributed by atoms with Gasteiger partial charge in [-0.05, 0) is 30.6 Å². The fourth-order valence-corrected chi connectivity index (χ4v) is 2.54. The van der Waals surface area contributed by atoms with Gasteiger partial charge in [-0.3, -0.25) is 4.79 Å². The molecule has 6 heteroatoms.